The fourth-order valence-corrected chi connectivity index (χ4v) is 12.1. The van der Waals surface area contributed by atoms with E-state index in [0.717, 1.165) is 26.3 Å². The first-order chi connectivity index (χ1) is 26.9. The van der Waals surface area contributed by atoms with Crippen LogP contribution in [0.1, 0.15) is 81.8 Å². The number of rotatable bonds is 16. The zero-order valence-electron chi connectivity index (χ0n) is 34.0. The Labute approximate surface area is 338 Å². The standard InChI is InChI=1S/C44H51N3O8SSi/c1-10-54-40(50)37-29(2)36-38(49)47(41(51)46(39(36)56-37)26-34(55-28-42(3,4)27-45)32-23-17-18-24-33(32)53-9)44(7,8)35(48)25-43(5,6)57(52,30-19-13-11-14-20-30)31-21-15-12-16-22-31/h11-24,34,52H,10,25-26,28H2,1-9H3/t34-/m0/s1. The molecular weight excluding hydrogens is 759 g/mol. The van der Waals surface area contributed by atoms with Gasteiger partial charge in [-0.15, -0.1) is 11.3 Å². The molecule has 2 aromatic heterocycles. The van der Waals surface area contributed by atoms with E-state index in [1.807, 2.05) is 74.5 Å². The molecule has 0 saturated carbocycles. The average Bonchev–Trinajstić information content (AvgIpc) is 3.54. The molecule has 0 aliphatic heterocycles. The number of aryl methyl sites for hydroxylation is 1. The Balaban J connectivity index is 1.72. The first-order valence-electron chi connectivity index (χ1n) is 18.8. The Morgan fingerprint density at radius 2 is 1.47 bits per heavy atom. The smallest absolute Gasteiger partial charge is 0.348 e. The van der Waals surface area contributed by atoms with Crippen molar-refractivity contribution in [2.75, 3.05) is 20.3 Å². The van der Waals surface area contributed by atoms with Crippen molar-refractivity contribution in [2.24, 2.45) is 5.41 Å². The number of esters is 1. The molecule has 0 bridgehead atoms. The van der Waals surface area contributed by atoms with Crippen LogP contribution in [-0.2, 0) is 26.4 Å². The van der Waals surface area contributed by atoms with Crippen molar-refractivity contribution in [3.8, 4) is 11.8 Å². The van der Waals surface area contributed by atoms with E-state index in [1.165, 1.54) is 25.5 Å². The predicted octanol–water partition coefficient (Wildman–Crippen LogP) is 6.25. The van der Waals surface area contributed by atoms with Crippen molar-refractivity contribution >= 4 is 52.0 Å². The lowest BCUT2D eigenvalue weighted by Crippen LogP contribution is -2.66. The number of hydrogen-bond donors (Lipinski definition) is 1. The Hall–Kier alpha value is -5.13. The van der Waals surface area contributed by atoms with E-state index >= 15 is 4.79 Å². The van der Waals surface area contributed by atoms with Crippen LogP contribution < -0.4 is 26.4 Å². The quantitative estimate of drug-likeness (QED) is 0.0902. The first-order valence-corrected chi connectivity index (χ1v) is 21.6. The van der Waals surface area contributed by atoms with Crippen LogP contribution in [0, 0.1) is 23.7 Å². The molecule has 0 fully saturated rings. The van der Waals surface area contributed by atoms with Crippen molar-refractivity contribution in [1.29, 1.82) is 5.26 Å². The summed E-state index contributed by atoms with van der Waals surface area (Å²) in [7, 11) is -2.15. The number of fused-ring (bicyclic) bond motifs is 1. The lowest BCUT2D eigenvalue weighted by molar-refractivity contribution is -0.127. The Morgan fingerprint density at radius 1 is 0.912 bits per heavy atom. The van der Waals surface area contributed by atoms with Crippen molar-refractivity contribution < 1.29 is 28.6 Å². The molecule has 300 valence electrons. The SMILES string of the molecule is CCOC(=O)c1sc2c(c1C)c(=O)n(C(C)(C)C(=O)CC(C)(C)[Si](O)(c1ccccc1)c1ccccc1)c(=O)n2C[C@H](OCC(C)(C)C#N)c1ccccc1OC. The second-order valence-corrected chi connectivity index (χ2v) is 20.9. The highest BCUT2D eigenvalue weighted by Crippen LogP contribution is 2.41. The highest BCUT2D eigenvalue weighted by molar-refractivity contribution is 7.20. The number of carbonyl (C=O) groups is 2. The summed E-state index contributed by atoms with van der Waals surface area (Å²) in [6.45, 7) is 13.5. The van der Waals surface area contributed by atoms with E-state index in [0.29, 0.717) is 16.9 Å². The minimum atomic E-state index is -3.67. The molecule has 2 heterocycles. The number of ether oxygens (including phenoxy) is 3. The summed E-state index contributed by atoms with van der Waals surface area (Å²) in [6, 6.07) is 28.0. The van der Waals surface area contributed by atoms with Crippen molar-refractivity contribution in [3.63, 3.8) is 0 Å². The number of thiophene rings is 1. The van der Waals surface area contributed by atoms with Gasteiger partial charge in [-0.1, -0.05) is 92.7 Å². The molecule has 0 aliphatic rings. The highest BCUT2D eigenvalue weighted by atomic mass is 32.1. The van der Waals surface area contributed by atoms with E-state index in [-0.39, 0.29) is 41.3 Å². The van der Waals surface area contributed by atoms with Crippen LogP contribution in [0.25, 0.3) is 10.2 Å². The molecule has 1 N–H and O–H groups in total. The van der Waals surface area contributed by atoms with Gasteiger partial charge in [0.1, 0.15) is 27.1 Å². The lowest BCUT2D eigenvalue weighted by Gasteiger charge is -2.42. The Kier molecular flexibility index (Phi) is 12.6. The third-order valence-electron chi connectivity index (χ3n) is 10.7. The molecule has 3 aromatic carbocycles. The summed E-state index contributed by atoms with van der Waals surface area (Å²) in [4.78, 5) is 71.1. The molecule has 1 atom stereocenters. The van der Waals surface area contributed by atoms with Crippen molar-refractivity contribution in [2.45, 2.75) is 85.0 Å². The van der Waals surface area contributed by atoms with Gasteiger partial charge in [0.05, 0.1) is 43.7 Å². The van der Waals surface area contributed by atoms with E-state index in [1.54, 1.807) is 52.0 Å². The van der Waals surface area contributed by atoms with Gasteiger partial charge in [-0.2, -0.15) is 5.26 Å². The molecule has 5 aromatic rings. The lowest BCUT2D eigenvalue weighted by atomic mass is 9.91. The van der Waals surface area contributed by atoms with Gasteiger partial charge >= 0.3 is 11.7 Å². The predicted molar refractivity (Wildman–Crippen MR) is 225 cm³/mol. The maximum Gasteiger partial charge on any atom is 0.348 e. The van der Waals surface area contributed by atoms with Gasteiger partial charge in [-0.25, -0.2) is 14.2 Å². The fourth-order valence-electron chi connectivity index (χ4n) is 7.25. The van der Waals surface area contributed by atoms with Gasteiger partial charge in [0.15, 0.2) is 5.78 Å². The zero-order valence-corrected chi connectivity index (χ0v) is 35.9. The monoisotopic (exact) mass is 809 g/mol. The number of para-hydroxylation sites is 1. The molecule has 0 radical (unpaired) electrons. The summed E-state index contributed by atoms with van der Waals surface area (Å²) in [6.07, 6.45) is -1.05. The second kappa shape index (κ2) is 16.8. The van der Waals surface area contributed by atoms with Crippen LogP contribution in [0.15, 0.2) is 94.5 Å². The highest BCUT2D eigenvalue weighted by Gasteiger charge is 2.52. The molecule has 57 heavy (non-hydrogen) atoms. The number of nitrogens with zero attached hydrogens (tertiary/aromatic N) is 3. The minimum absolute atomic E-state index is 0.00399. The van der Waals surface area contributed by atoms with Crippen LogP contribution in [-0.4, -0.2) is 54.3 Å². The maximum absolute atomic E-state index is 15.0. The number of carbonyl (C=O) groups excluding carboxylic acids is 2. The number of ketones is 1. The largest absolute Gasteiger partial charge is 0.496 e. The van der Waals surface area contributed by atoms with Gasteiger partial charge in [-0.05, 0) is 68.6 Å². The summed E-state index contributed by atoms with van der Waals surface area (Å²) in [5.41, 5.74) is -3.23. The van der Waals surface area contributed by atoms with Crippen molar-refractivity contribution in [3.05, 3.63) is 122 Å². The number of nitriles is 1. The normalized spacial score (nSPS) is 12.9. The van der Waals surface area contributed by atoms with Gasteiger partial charge in [0.25, 0.3) is 13.9 Å². The van der Waals surface area contributed by atoms with Crippen LogP contribution in [0.3, 0.4) is 0 Å². The molecule has 0 spiro atoms. The van der Waals surface area contributed by atoms with Gasteiger partial charge in [0, 0.05) is 12.0 Å². The summed E-state index contributed by atoms with van der Waals surface area (Å²) >= 11 is 0.962. The summed E-state index contributed by atoms with van der Waals surface area (Å²) in [5, 5.41) is 10.3. The van der Waals surface area contributed by atoms with Gasteiger partial charge < -0.3 is 19.0 Å². The number of benzene rings is 3. The zero-order chi connectivity index (χ0) is 41.9. The Bertz CT molecular complexity index is 2390. The van der Waals surface area contributed by atoms with Crippen molar-refractivity contribution in [1.82, 2.24) is 9.13 Å². The van der Waals surface area contributed by atoms with Gasteiger partial charge in [0.2, 0.25) is 0 Å². The third kappa shape index (κ3) is 8.18. The van der Waals surface area contributed by atoms with E-state index in [4.69, 9.17) is 14.2 Å². The second-order valence-electron chi connectivity index (χ2n) is 16.0. The average molecular weight is 810 g/mol. The van der Waals surface area contributed by atoms with Gasteiger partial charge in [-0.3, -0.25) is 14.2 Å². The molecule has 0 aliphatic carbocycles. The van der Waals surface area contributed by atoms with E-state index in [2.05, 4.69) is 6.07 Å². The summed E-state index contributed by atoms with van der Waals surface area (Å²) in [5.74, 6) is -0.601. The molecule has 5 rings (SSSR count). The van der Waals surface area contributed by atoms with Crippen LogP contribution >= 0.6 is 11.3 Å². The molecular formula is C44H51N3O8SSi. The topological polar surface area (TPSA) is 150 Å². The number of Topliss-reactive ketones (excluding diaryl/α,β-unsaturated/α-hetero) is 1. The molecule has 0 saturated heterocycles. The third-order valence-corrected chi connectivity index (χ3v) is 16.4. The Morgan fingerprint density at radius 3 is 2.02 bits per heavy atom. The van der Waals surface area contributed by atoms with E-state index in [9.17, 15) is 24.4 Å². The first kappa shape index (κ1) is 43.0. The number of methoxy groups -OCH3 is 1. The number of hydrogen-bond acceptors (Lipinski definition) is 10. The molecule has 0 unspecified atom stereocenters. The molecule has 0 amide bonds. The van der Waals surface area contributed by atoms with E-state index < -0.39 is 53.4 Å². The molecule has 13 heteroatoms. The minimum Gasteiger partial charge on any atom is -0.496 e. The maximum atomic E-state index is 15.0. The van der Waals surface area contributed by atoms with Crippen LogP contribution in [0.2, 0.25) is 5.04 Å². The summed E-state index contributed by atoms with van der Waals surface area (Å²) < 4.78 is 19.8. The molecule has 11 nitrogen and oxygen atoms in total. The van der Waals surface area contributed by atoms with Crippen LogP contribution in [0.5, 0.6) is 5.75 Å². The number of aromatic nitrogens is 2. The van der Waals surface area contributed by atoms with Crippen LogP contribution in [0.4, 0.5) is 0 Å². The fraction of sp³-hybridized carbons (Fsp3) is 0.386.